The molecule has 5 heteroatoms. The van der Waals surface area contributed by atoms with Gasteiger partial charge in [-0.25, -0.2) is 4.98 Å². The number of aromatic nitrogens is 1. The van der Waals surface area contributed by atoms with Crippen LogP contribution >= 0.6 is 23.1 Å². The zero-order valence-corrected chi connectivity index (χ0v) is 14.5. The summed E-state index contributed by atoms with van der Waals surface area (Å²) in [6.07, 6.45) is 1.77. The van der Waals surface area contributed by atoms with Gasteiger partial charge in [0.15, 0.2) is 0 Å². The van der Waals surface area contributed by atoms with E-state index in [0.717, 1.165) is 41.6 Å². The molecule has 0 spiro atoms. The lowest BCUT2D eigenvalue weighted by Crippen LogP contribution is -2.43. The number of thioether (sulfide) groups is 1. The average Bonchev–Trinajstić information content (AvgIpc) is 2.97. The summed E-state index contributed by atoms with van der Waals surface area (Å²) in [5, 5.41) is 17.0. The molecule has 1 aromatic heterocycles. The Bertz CT molecular complexity index is 603. The molecule has 0 radical (unpaired) electrons. The molecule has 3 nitrogen and oxygen atoms in total. The molecule has 1 fully saturated rings. The molecular weight excluding hydrogens is 312 g/mol. The smallest absolute Gasteiger partial charge is 0.123 e. The van der Waals surface area contributed by atoms with E-state index in [0.29, 0.717) is 6.54 Å². The van der Waals surface area contributed by atoms with E-state index in [1.54, 1.807) is 11.3 Å². The Morgan fingerprint density at radius 2 is 1.95 bits per heavy atom. The van der Waals surface area contributed by atoms with Crippen LogP contribution in [0.1, 0.15) is 24.1 Å². The molecule has 1 saturated heterocycles. The molecule has 0 bridgehead atoms. The fourth-order valence-corrected chi connectivity index (χ4v) is 4.65. The van der Waals surface area contributed by atoms with Gasteiger partial charge < -0.3 is 10.4 Å². The summed E-state index contributed by atoms with van der Waals surface area (Å²) in [5.41, 5.74) is 2.96. The van der Waals surface area contributed by atoms with E-state index in [-0.39, 0.29) is 0 Å². The van der Waals surface area contributed by atoms with Crippen molar-refractivity contribution < 1.29 is 5.11 Å². The van der Waals surface area contributed by atoms with E-state index in [1.165, 1.54) is 11.1 Å². The zero-order chi connectivity index (χ0) is 15.4. The molecule has 2 heterocycles. The topological polar surface area (TPSA) is 45.2 Å². The van der Waals surface area contributed by atoms with Crippen LogP contribution in [0.3, 0.4) is 0 Å². The van der Waals surface area contributed by atoms with Gasteiger partial charge in [-0.05, 0) is 31.3 Å². The monoisotopic (exact) mass is 334 g/mol. The predicted octanol–water partition coefficient (Wildman–Crippen LogP) is 3.47. The number of thiazole rings is 1. The second kappa shape index (κ2) is 7.13. The van der Waals surface area contributed by atoms with Crippen molar-refractivity contribution in [3.63, 3.8) is 0 Å². The van der Waals surface area contributed by atoms with Gasteiger partial charge in [0.1, 0.15) is 5.01 Å². The quantitative estimate of drug-likeness (QED) is 0.879. The maximum absolute atomic E-state index is 10.5. The molecule has 2 aromatic rings. The van der Waals surface area contributed by atoms with Gasteiger partial charge in [-0.1, -0.05) is 29.8 Å². The molecule has 118 valence electrons. The Balaban J connectivity index is 1.54. The fraction of sp³-hybridized carbons (Fsp3) is 0.471. The first kappa shape index (κ1) is 16.0. The Morgan fingerprint density at radius 1 is 1.23 bits per heavy atom. The minimum atomic E-state index is -0.527. The van der Waals surface area contributed by atoms with Gasteiger partial charge in [0.05, 0.1) is 11.3 Å². The van der Waals surface area contributed by atoms with Crippen molar-refractivity contribution in [3.05, 3.63) is 40.9 Å². The number of hydrogen-bond acceptors (Lipinski definition) is 5. The number of benzene rings is 1. The van der Waals surface area contributed by atoms with Crippen LogP contribution in [-0.4, -0.2) is 33.7 Å². The first-order valence-electron chi connectivity index (χ1n) is 7.67. The SMILES string of the molecule is Cc1ccc(-c2nc(CNCC3(O)CCSCC3)cs2)cc1. The van der Waals surface area contributed by atoms with Crippen molar-refractivity contribution in [1.29, 1.82) is 0 Å². The van der Waals surface area contributed by atoms with E-state index < -0.39 is 5.60 Å². The largest absolute Gasteiger partial charge is 0.389 e. The third-order valence-corrected chi connectivity index (χ3v) is 5.96. The summed E-state index contributed by atoms with van der Waals surface area (Å²) in [7, 11) is 0. The number of aryl methyl sites for hydroxylation is 1. The predicted molar refractivity (Wildman–Crippen MR) is 95.5 cm³/mol. The number of rotatable bonds is 5. The third kappa shape index (κ3) is 4.10. The Morgan fingerprint density at radius 3 is 2.68 bits per heavy atom. The minimum absolute atomic E-state index is 0.527. The van der Waals surface area contributed by atoms with Gasteiger partial charge in [-0.3, -0.25) is 0 Å². The van der Waals surface area contributed by atoms with Gasteiger partial charge in [0.2, 0.25) is 0 Å². The van der Waals surface area contributed by atoms with E-state index in [9.17, 15) is 5.11 Å². The minimum Gasteiger partial charge on any atom is -0.389 e. The highest BCUT2D eigenvalue weighted by atomic mass is 32.2. The van der Waals surface area contributed by atoms with E-state index >= 15 is 0 Å². The van der Waals surface area contributed by atoms with E-state index in [1.807, 2.05) is 11.8 Å². The normalized spacial score (nSPS) is 17.5. The Kier molecular flexibility index (Phi) is 5.18. The molecule has 22 heavy (non-hydrogen) atoms. The van der Waals surface area contributed by atoms with Gasteiger partial charge in [-0.15, -0.1) is 11.3 Å². The zero-order valence-electron chi connectivity index (χ0n) is 12.8. The summed E-state index contributed by atoms with van der Waals surface area (Å²) in [6.45, 7) is 3.47. The summed E-state index contributed by atoms with van der Waals surface area (Å²) in [4.78, 5) is 4.69. The van der Waals surface area contributed by atoms with Crippen molar-refractivity contribution in [2.45, 2.75) is 31.9 Å². The van der Waals surface area contributed by atoms with E-state index in [2.05, 4.69) is 46.9 Å². The highest BCUT2D eigenvalue weighted by Crippen LogP contribution is 2.27. The molecule has 0 atom stereocenters. The van der Waals surface area contributed by atoms with Crippen LogP contribution in [-0.2, 0) is 6.54 Å². The first-order chi connectivity index (χ1) is 10.6. The van der Waals surface area contributed by atoms with Crippen LogP contribution in [0, 0.1) is 6.92 Å². The van der Waals surface area contributed by atoms with Crippen LogP contribution in [0.15, 0.2) is 29.6 Å². The fourth-order valence-electron chi connectivity index (χ4n) is 2.57. The van der Waals surface area contributed by atoms with Crippen molar-refractivity contribution in [1.82, 2.24) is 10.3 Å². The standard InChI is InChI=1S/C17H22N2OS2/c1-13-2-4-14(5-3-13)16-19-15(11-22-16)10-18-12-17(20)6-8-21-9-7-17/h2-5,11,18,20H,6-10,12H2,1H3. The molecule has 2 N–H and O–H groups in total. The summed E-state index contributed by atoms with van der Waals surface area (Å²) in [5.74, 6) is 2.12. The van der Waals surface area contributed by atoms with Crippen molar-refractivity contribution >= 4 is 23.1 Å². The average molecular weight is 335 g/mol. The number of nitrogens with zero attached hydrogens (tertiary/aromatic N) is 1. The second-order valence-electron chi connectivity index (χ2n) is 5.95. The molecule has 0 saturated carbocycles. The molecule has 1 aliphatic heterocycles. The lowest BCUT2D eigenvalue weighted by molar-refractivity contribution is 0.0319. The van der Waals surface area contributed by atoms with Crippen LogP contribution in [0.5, 0.6) is 0 Å². The highest BCUT2D eigenvalue weighted by molar-refractivity contribution is 7.99. The van der Waals surface area contributed by atoms with Gasteiger partial charge in [-0.2, -0.15) is 11.8 Å². The van der Waals surface area contributed by atoms with Gasteiger partial charge in [0, 0.05) is 24.0 Å². The van der Waals surface area contributed by atoms with E-state index in [4.69, 9.17) is 0 Å². The molecule has 0 unspecified atom stereocenters. The van der Waals surface area contributed by atoms with Crippen molar-refractivity contribution in [3.8, 4) is 10.6 Å². The molecule has 1 aliphatic rings. The lowest BCUT2D eigenvalue weighted by atomic mass is 9.97. The summed E-state index contributed by atoms with van der Waals surface area (Å²) in [6, 6.07) is 8.47. The van der Waals surface area contributed by atoms with Crippen LogP contribution in [0.2, 0.25) is 0 Å². The van der Waals surface area contributed by atoms with Crippen LogP contribution in [0.25, 0.3) is 10.6 Å². The lowest BCUT2D eigenvalue weighted by Gasteiger charge is -2.31. The number of nitrogens with one attached hydrogen (secondary N) is 1. The van der Waals surface area contributed by atoms with Gasteiger partial charge in [0.25, 0.3) is 0 Å². The molecular formula is C17H22N2OS2. The summed E-state index contributed by atoms with van der Waals surface area (Å²) >= 11 is 3.61. The Hall–Kier alpha value is -0.880. The molecule has 0 aliphatic carbocycles. The van der Waals surface area contributed by atoms with Crippen molar-refractivity contribution in [2.75, 3.05) is 18.1 Å². The van der Waals surface area contributed by atoms with Gasteiger partial charge >= 0.3 is 0 Å². The van der Waals surface area contributed by atoms with Crippen LogP contribution in [0.4, 0.5) is 0 Å². The summed E-state index contributed by atoms with van der Waals surface area (Å²) < 4.78 is 0. The number of hydrogen-bond donors (Lipinski definition) is 2. The molecule has 0 amide bonds. The van der Waals surface area contributed by atoms with Crippen molar-refractivity contribution in [2.24, 2.45) is 0 Å². The second-order valence-corrected chi connectivity index (χ2v) is 8.03. The number of aliphatic hydroxyl groups is 1. The third-order valence-electron chi connectivity index (χ3n) is 4.03. The molecule has 1 aromatic carbocycles. The first-order valence-corrected chi connectivity index (χ1v) is 9.70. The highest BCUT2D eigenvalue weighted by Gasteiger charge is 2.28. The Labute approximate surface area is 140 Å². The van der Waals surface area contributed by atoms with Crippen LogP contribution < -0.4 is 5.32 Å². The maximum Gasteiger partial charge on any atom is 0.123 e. The molecule has 3 rings (SSSR count). The maximum atomic E-state index is 10.5.